The van der Waals surface area contributed by atoms with E-state index < -0.39 is 0 Å². The third-order valence-corrected chi connectivity index (χ3v) is 3.86. The van der Waals surface area contributed by atoms with Crippen LogP contribution in [-0.2, 0) is 6.42 Å². The van der Waals surface area contributed by atoms with Gasteiger partial charge < -0.3 is 4.90 Å². The summed E-state index contributed by atoms with van der Waals surface area (Å²) in [6.07, 6.45) is 2.69. The molecule has 2 aliphatic rings. The molecule has 2 unspecified atom stereocenters. The molecule has 1 aromatic carbocycles. The van der Waals surface area contributed by atoms with Crippen molar-refractivity contribution in [3.05, 3.63) is 35.4 Å². The minimum absolute atomic E-state index is 0.824. The van der Waals surface area contributed by atoms with Crippen LogP contribution in [-0.4, -0.2) is 25.0 Å². The Morgan fingerprint density at radius 2 is 2.07 bits per heavy atom. The molecule has 0 amide bonds. The summed E-state index contributed by atoms with van der Waals surface area (Å²) in [5, 5.41) is 0. The summed E-state index contributed by atoms with van der Waals surface area (Å²) in [7, 11) is 2.25. The monoisotopic (exact) mass is 187 g/mol. The van der Waals surface area contributed by atoms with Gasteiger partial charge in [0.2, 0.25) is 0 Å². The first kappa shape index (κ1) is 8.49. The first-order valence-electron chi connectivity index (χ1n) is 5.61. The Morgan fingerprint density at radius 3 is 3.00 bits per heavy atom. The lowest BCUT2D eigenvalue weighted by Gasteiger charge is -2.27. The van der Waals surface area contributed by atoms with E-state index in [9.17, 15) is 0 Å². The van der Waals surface area contributed by atoms with Crippen LogP contribution in [0, 0.1) is 5.92 Å². The van der Waals surface area contributed by atoms with E-state index in [0.29, 0.717) is 0 Å². The van der Waals surface area contributed by atoms with Gasteiger partial charge in [-0.05, 0) is 36.9 Å². The summed E-state index contributed by atoms with van der Waals surface area (Å²) >= 11 is 0. The van der Waals surface area contributed by atoms with Crippen LogP contribution in [0.15, 0.2) is 24.3 Å². The topological polar surface area (TPSA) is 3.24 Å². The number of likely N-dealkylation sites (tertiary alicyclic amines) is 1. The standard InChI is InChI=1S/C13H17N/c1-14-8-11-7-6-10-4-2-3-5-12(10)13(11)9-14/h2-5,11,13H,6-9H2,1H3. The van der Waals surface area contributed by atoms with Gasteiger partial charge in [-0.15, -0.1) is 0 Å². The second-order valence-electron chi connectivity index (χ2n) is 4.83. The molecule has 1 fully saturated rings. The van der Waals surface area contributed by atoms with E-state index in [2.05, 4.69) is 36.2 Å². The summed E-state index contributed by atoms with van der Waals surface area (Å²) in [6.45, 7) is 2.57. The first-order chi connectivity index (χ1) is 6.84. The number of hydrogen-bond donors (Lipinski definition) is 0. The van der Waals surface area contributed by atoms with Crippen molar-refractivity contribution in [1.29, 1.82) is 0 Å². The fraction of sp³-hybridized carbons (Fsp3) is 0.538. The Bertz CT molecular complexity index is 345. The average Bonchev–Trinajstić information content (AvgIpc) is 2.59. The maximum atomic E-state index is 2.48. The third kappa shape index (κ3) is 1.19. The van der Waals surface area contributed by atoms with Crippen LogP contribution in [0.3, 0.4) is 0 Å². The molecule has 0 radical (unpaired) electrons. The lowest BCUT2D eigenvalue weighted by atomic mass is 9.77. The molecule has 0 bridgehead atoms. The number of rotatable bonds is 0. The van der Waals surface area contributed by atoms with Gasteiger partial charge in [-0.25, -0.2) is 0 Å². The number of aryl methyl sites for hydroxylation is 1. The van der Waals surface area contributed by atoms with Crippen molar-refractivity contribution >= 4 is 0 Å². The van der Waals surface area contributed by atoms with Crippen LogP contribution in [0.25, 0.3) is 0 Å². The quantitative estimate of drug-likeness (QED) is 0.602. The normalized spacial score (nSPS) is 31.2. The highest BCUT2D eigenvalue weighted by molar-refractivity contribution is 5.34. The summed E-state index contributed by atoms with van der Waals surface area (Å²) in [5.41, 5.74) is 3.23. The van der Waals surface area contributed by atoms with Crippen molar-refractivity contribution in [2.75, 3.05) is 20.1 Å². The van der Waals surface area contributed by atoms with Gasteiger partial charge in [0.05, 0.1) is 0 Å². The molecule has 1 nitrogen and oxygen atoms in total. The van der Waals surface area contributed by atoms with Gasteiger partial charge >= 0.3 is 0 Å². The van der Waals surface area contributed by atoms with E-state index in [4.69, 9.17) is 0 Å². The van der Waals surface area contributed by atoms with Crippen molar-refractivity contribution in [3.63, 3.8) is 0 Å². The zero-order chi connectivity index (χ0) is 9.54. The lowest BCUT2D eigenvalue weighted by Crippen LogP contribution is -2.18. The highest BCUT2D eigenvalue weighted by Gasteiger charge is 2.35. The van der Waals surface area contributed by atoms with E-state index in [1.54, 1.807) is 11.1 Å². The van der Waals surface area contributed by atoms with E-state index in [1.807, 2.05) is 0 Å². The fourth-order valence-corrected chi connectivity index (χ4v) is 3.20. The van der Waals surface area contributed by atoms with Crippen molar-refractivity contribution in [2.24, 2.45) is 5.92 Å². The van der Waals surface area contributed by atoms with Crippen molar-refractivity contribution < 1.29 is 0 Å². The molecule has 0 aromatic heterocycles. The number of fused-ring (bicyclic) bond motifs is 3. The molecule has 1 saturated heterocycles. The van der Waals surface area contributed by atoms with Gasteiger partial charge in [-0.3, -0.25) is 0 Å². The summed E-state index contributed by atoms with van der Waals surface area (Å²) in [4.78, 5) is 2.48. The smallest absolute Gasteiger partial charge is 0.00506 e. The maximum absolute atomic E-state index is 2.48. The molecule has 1 aromatic rings. The zero-order valence-corrected chi connectivity index (χ0v) is 8.74. The Balaban J connectivity index is 2.01. The number of benzene rings is 1. The SMILES string of the molecule is CN1CC2CCc3ccccc3C2C1. The molecule has 2 atom stereocenters. The molecule has 0 N–H and O–H groups in total. The van der Waals surface area contributed by atoms with E-state index in [1.165, 1.54) is 25.9 Å². The van der Waals surface area contributed by atoms with Crippen LogP contribution < -0.4 is 0 Å². The molecular formula is C13H17N. The highest BCUT2D eigenvalue weighted by atomic mass is 15.1. The number of nitrogens with zero attached hydrogens (tertiary/aromatic N) is 1. The fourth-order valence-electron chi connectivity index (χ4n) is 3.20. The van der Waals surface area contributed by atoms with Gasteiger partial charge in [0.1, 0.15) is 0 Å². The third-order valence-electron chi connectivity index (χ3n) is 3.86. The Morgan fingerprint density at radius 1 is 1.21 bits per heavy atom. The summed E-state index contributed by atoms with van der Waals surface area (Å²) < 4.78 is 0. The van der Waals surface area contributed by atoms with Crippen molar-refractivity contribution in [1.82, 2.24) is 4.90 Å². The molecule has 0 spiro atoms. The molecule has 1 aliphatic carbocycles. The van der Waals surface area contributed by atoms with Crippen LogP contribution in [0.4, 0.5) is 0 Å². The van der Waals surface area contributed by atoms with Gasteiger partial charge in [-0.1, -0.05) is 24.3 Å². The molecule has 14 heavy (non-hydrogen) atoms. The Kier molecular flexibility index (Phi) is 1.88. The largest absolute Gasteiger partial charge is 0.305 e. The van der Waals surface area contributed by atoms with E-state index in [0.717, 1.165) is 11.8 Å². The van der Waals surface area contributed by atoms with Gasteiger partial charge in [0.15, 0.2) is 0 Å². The van der Waals surface area contributed by atoms with E-state index >= 15 is 0 Å². The minimum atomic E-state index is 0.824. The Hall–Kier alpha value is -0.820. The van der Waals surface area contributed by atoms with Crippen LogP contribution >= 0.6 is 0 Å². The average molecular weight is 187 g/mol. The minimum Gasteiger partial charge on any atom is -0.305 e. The van der Waals surface area contributed by atoms with Crippen LogP contribution in [0.5, 0.6) is 0 Å². The lowest BCUT2D eigenvalue weighted by molar-refractivity contribution is 0.387. The predicted octanol–water partition coefficient (Wildman–Crippen LogP) is 2.28. The molecule has 1 heterocycles. The number of likely N-dealkylation sites (N-methyl/N-ethyl adjacent to an activating group) is 1. The second kappa shape index (κ2) is 3.09. The predicted molar refractivity (Wildman–Crippen MR) is 58.5 cm³/mol. The van der Waals surface area contributed by atoms with Crippen molar-refractivity contribution in [3.8, 4) is 0 Å². The zero-order valence-electron chi connectivity index (χ0n) is 8.74. The van der Waals surface area contributed by atoms with Crippen LogP contribution in [0.2, 0.25) is 0 Å². The number of hydrogen-bond acceptors (Lipinski definition) is 1. The maximum Gasteiger partial charge on any atom is 0.00506 e. The molecule has 74 valence electrons. The molecule has 0 saturated carbocycles. The summed E-state index contributed by atoms with van der Waals surface area (Å²) in [6, 6.07) is 9.02. The summed E-state index contributed by atoms with van der Waals surface area (Å²) in [5.74, 6) is 1.75. The highest BCUT2D eigenvalue weighted by Crippen LogP contribution is 2.40. The van der Waals surface area contributed by atoms with E-state index in [-0.39, 0.29) is 0 Å². The molecular weight excluding hydrogens is 170 g/mol. The molecule has 3 rings (SSSR count). The van der Waals surface area contributed by atoms with Gasteiger partial charge in [0.25, 0.3) is 0 Å². The van der Waals surface area contributed by atoms with Crippen molar-refractivity contribution in [2.45, 2.75) is 18.8 Å². The first-order valence-corrected chi connectivity index (χ1v) is 5.61. The molecule has 1 aliphatic heterocycles. The van der Waals surface area contributed by atoms with Gasteiger partial charge in [-0.2, -0.15) is 0 Å². The van der Waals surface area contributed by atoms with Crippen LogP contribution in [0.1, 0.15) is 23.5 Å². The molecule has 1 heteroatoms. The van der Waals surface area contributed by atoms with Gasteiger partial charge in [0, 0.05) is 19.0 Å². The Labute approximate surface area is 85.7 Å². The second-order valence-corrected chi connectivity index (χ2v) is 4.83.